The fraction of sp³-hybridized carbons (Fsp3) is 0.208. The van der Waals surface area contributed by atoms with Gasteiger partial charge in [-0.25, -0.2) is 9.59 Å². The van der Waals surface area contributed by atoms with E-state index in [9.17, 15) is 19.5 Å². The molecule has 0 bridgehead atoms. The molecular formula is C24H21Cl2N3O5. The molecule has 1 saturated heterocycles. The van der Waals surface area contributed by atoms with Crippen LogP contribution in [0.2, 0.25) is 10.0 Å². The van der Waals surface area contributed by atoms with Gasteiger partial charge in [0, 0.05) is 26.1 Å². The molecule has 0 aliphatic carbocycles. The Kier molecular flexibility index (Phi) is 6.92. The fourth-order valence-corrected chi connectivity index (χ4v) is 4.30. The van der Waals surface area contributed by atoms with Gasteiger partial charge in [-0.15, -0.1) is 0 Å². The van der Waals surface area contributed by atoms with Crippen molar-refractivity contribution >= 4 is 63.3 Å². The van der Waals surface area contributed by atoms with E-state index in [-0.39, 0.29) is 53.0 Å². The lowest BCUT2D eigenvalue weighted by Gasteiger charge is -2.34. The smallest absolute Gasteiger partial charge is 0.329 e. The minimum atomic E-state index is -1.45. The van der Waals surface area contributed by atoms with Crippen molar-refractivity contribution in [3.05, 3.63) is 70.2 Å². The monoisotopic (exact) mass is 501 g/mol. The molecule has 0 spiro atoms. The second-order valence-corrected chi connectivity index (χ2v) is 8.69. The van der Waals surface area contributed by atoms with Crippen molar-refractivity contribution in [3.63, 3.8) is 0 Å². The molecule has 176 valence electrons. The Hall–Kier alpha value is -3.33. The van der Waals surface area contributed by atoms with E-state index in [0.29, 0.717) is 0 Å². The van der Waals surface area contributed by atoms with Crippen molar-refractivity contribution in [2.75, 3.05) is 23.8 Å². The molecule has 10 heteroatoms. The van der Waals surface area contributed by atoms with E-state index >= 15 is 0 Å². The number of benzene rings is 3. The Morgan fingerprint density at radius 2 is 1.50 bits per heavy atom. The van der Waals surface area contributed by atoms with Crippen LogP contribution in [0.3, 0.4) is 0 Å². The summed E-state index contributed by atoms with van der Waals surface area (Å²) < 4.78 is 5.27. The van der Waals surface area contributed by atoms with Crippen LogP contribution in [0.15, 0.2) is 54.6 Å². The van der Waals surface area contributed by atoms with Crippen LogP contribution in [0.4, 0.5) is 16.2 Å². The number of carbonyl (C=O) groups excluding carboxylic acids is 2. The van der Waals surface area contributed by atoms with Gasteiger partial charge >= 0.3 is 12.0 Å². The first-order valence-electron chi connectivity index (χ1n) is 10.5. The lowest BCUT2D eigenvalue weighted by Crippen LogP contribution is -2.57. The average Bonchev–Trinajstić information content (AvgIpc) is 2.81. The zero-order chi connectivity index (χ0) is 24.3. The van der Waals surface area contributed by atoms with Gasteiger partial charge in [-0.1, -0.05) is 53.5 Å². The van der Waals surface area contributed by atoms with Crippen LogP contribution in [0.1, 0.15) is 23.2 Å². The first kappa shape index (κ1) is 23.8. The number of carboxylic acid groups (broad SMARTS) is 1. The zero-order valence-electron chi connectivity index (χ0n) is 17.9. The molecule has 0 unspecified atom stereocenters. The third-order valence-corrected chi connectivity index (χ3v) is 6.32. The van der Waals surface area contributed by atoms with E-state index in [1.165, 1.54) is 0 Å². The molecule has 0 atom stereocenters. The molecule has 1 fully saturated rings. The molecule has 4 rings (SSSR count). The zero-order valence-corrected chi connectivity index (χ0v) is 19.4. The topological polar surface area (TPSA) is 117 Å². The van der Waals surface area contributed by atoms with Gasteiger partial charge < -0.3 is 25.8 Å². The lowest BCUT2D eigenvalue weighted by atomic mass is 9.89. The number of hydrogen-bond donors (Lipinski definition) is 4. The number of aliphatic carboxylic acids is 1. The number of carboxylic acids is 1. The molecule has 1 aliphatic rings. The van der Waals surface area contributed by atoms with Crippen LogP contribution in [-0.4, -0.2) is 41.8 Å². The number of carbonyl (C=O) groups is 3. The maximum atomic E-state index is 13.3. The molecule has 3 aromatic carbocycles. The molecular weight excluding hydrogens is 481 g/mol. The maximum Gasteiger partial charge on any atom is 0.329 e. The number of hydrogen-bond acceptors (Lipinski definition) is 4. The highest BCUT2D eigenvalue weighted by Crippen LogP contribution is 2.31. The summed E-state index contributed by atoms with van der Waals surface area (Å²) in [5, 5.41) is 19.8. The summed E-state index contributed by atoms with van der Waals surface area (Å²) in [5.41, 5.74) is -0.913. The van der Waals surface area contributed by atoms with Crippen molar-refractivity contribution in [3.8, 4) is 0 Å². The Bertz CT molecular complexity index is 1250. The van der Waals surface area contributed by atoms with Crippen molar-refractivity contribution in [1.82, 2.24) is 5.32 Å². The van der Waals surface area contributed by atoms with Crippen molar-refractivity contribution < 1.29 is 24.2 Å². The second-order valence-electron chi connectivity index (χ2n) is 7.87. The highest BCUT2D eigenvalue weighted by Gasteiger charge is 2.42. The number of anilines is 2. The van der Waals surface area contributed by atoms with Gasteiger partial charge in [-0.05, 0) is 35.0 Å². The van der Waals surface area contributed by atoms with Crippen LogP contribution < -0.4 is 16.0 Å². The van der Waals surface area contributed by atoms with E-state index in [1.807, 2.05) is 24.3 Å². The molecule has 0 radical (unpaired) electrons. The molecule has 0 saturated carbocycles. The largest absolute Gasteiger partial charge is 0.480 e. The molecule has 3 aromatic rings. The van der Waals surface area contributed by atoms with Crippen LogP contribution in [0, 0.1) is 0 Å². The van der Waals surface area contributed by atoms with Gasteiger partial charge in [0.1, 0.15) is 5.54 Å². The van der Waals surface area contributed by atoms with Crippen molar-refractivity contribution in [2.24, 2.45) is 0 Å². The summed E-state index contributed by atoms with van der Waals surface area (Å²) in [6.45, 7) is 0.437. The number of ether oxygens (including phenoxy) is 1. The van der Waals surface area contributed by atoms with Gasteiger partial charge in [0.15, 0.2) is 0 Å². The summed E-state index contributed by atoms with van der Waals surface area (Å²) in [6, 6.07) is 14.7. The highest BCUT2D eigenvalue weighted by atomic mass is 35.5. The number of urea groups is 1. The summed E-state index contributed by atoms with van der Waals surface area (Å²) >= 11 is 12.3. The molecule has 1 aliphatic heterocycles. The average molecular weight is 502 g/mol. The van der Waals surface area contributed by atoms with Crippen LogP contribution >= 0.6 is 23.2 Å². The van der Waals surface area contributed by atoms with Gasteiger partial charge in [-0.2, -0.15) is 0 Å². The number of amides is 3. The Labute approximate surface area is 205 Å². The summed E-state index contributed by atoms with van der Waals surface area (Å²) in [7, 11) is 0. The van der Waals surface area contributed by atoms with Crippen molar-refractivity contribution in [1.29, 1.82) is 0 Å². The Morgan fingerprint density at radius 3 is 2.12 bits per heavy atom. The third-order valence-electron chi connectivity index (χ3n) is 5.69. The minimum absolute atomic E-state index is 0.117. The number of rotatable bonds is 5. The predicted octanol–water partition coefficient (Wildman–Crippen LogP) is 5.15. The Morgan fingerprint density at radius 1 is 0.882 bits per heavy atom. The quantitative estimate of drug-likeness (QED) is 0.385. The molecule has 3 amide bonds. The first-order valence-corrected chi connectivity index (χ1v) is 11.2. The van der Waals surface area contributed by atoms with E-state index in [0.717, 1.165) is 10.8 Å². The van der Waals surface area contributed by atoms with E-state index in [4.69, 9.17) is 27.9 Å². The predicted molar refractivity (Wildman–Crippen MR) is 131 cm³/mol. The number of fused-ring (bicyclic) bond motifs is 1. The first-order chi connectivity index (χ1) is 16.3. The summed E-state index contributed by atoms with van der Waals surface area (Å²) in [4.78, 5) is 38.1. The normalized spacial score (nSPS) is 14.9. The van der Waals surface area contributed by atoms with E-state index in [1.54, 1.807) is 30.3 Å². The molecule has 4 N–H and O–H groups in total. The Balaban J connectivity index is 1.66. The van der Waals surface area contributed by atoms with Gasteiger partial charge in [0.2, 0.25) is 0 Å². The number of nitrogens with one attached hydrogen (secondary N) is 3. The number of para-hydroxylation sites is 1. The molecule has 1 heterocycles. The molecule has 34 heavy (non-hydrogen) atoms. The summed E-state index contributed by atoms with van der Waals surface area (Å²) in [5.74, 6) is -1.76. The van der Waals surface area contributed by atoms with E-state index in [2.05, 4.69) is 16.0 Å². The minimum Gasteiger partial charge on any atom is -0.480 e. The number of halogens is 2. The third kappa shape index (κ3) is 4.94. The lowest BCUT2D eigenvalue weighted by molar-refractivity contribution is -0.148. The van der Waals surface area contributed by atoms with Gasteiger partial charge in [0.25, 0.3) is 5.91 Å². The van der Waals surface area contributed by atoms with Crippen LogP contribution in [0.5, 0.6) is 0 Å². The molecule has 8 nitrogen and oxygen atoms in total. The van der Waals surface area contributed by atoms with Crippen LogP contribution in [0.25, 0.3) is 10.8 Å². The molecule has 0 aromatic heterocycles. The highest BCUT2D eigenvalue weighted by molar-refractivity contribution is 6.39. The maximum absolute atomic E-state index is 13.3. The van der Waals surface area contributed by atoms with E-state index < -0.39 is 23.4 Å². The van der Waals surface area contributed by atoms with Crippen molar-refractivity contribution in [2.45, 2.75) is 18.4 Å². The second kappa shape index (κ2) is 9.89. The SMILES string of the molecule is O=C(Nc1cc2ccccc2cc1C(=O)NC1(C(=O)O)CCOCC1)Nc1c(Cl)cccc1Cl. The van der Waals surface area contributed by atoms with Gasteiger partial charge in [-0.3, -0.25) is 4.79 Å². The summed E-state index contributed by atoms with van der Waals surface area (Å²) in [6.07, 6.45) is 0.270. The van der Waals surface area contributed by atoms with Gasteiger partial charge in [0.05, 0.1) is 27.0 Å². The standard InChI is InChI=1S/C24H21Cl2N3O5/c25-17-6-3-7-18(26)20(17)28-23(33)27-19-13-15-5-2-1-4-14(15)12-16(19)21(30)29-24(22(31)32)8-10-34-11-9-24/h1-7,12-13H,8-11H2,(H,29,30)(H,31,32)(H2,27,28,33). The fourth-order valence-electron chi connectivity index (χ4n) is 3.81. The van der Waals surface area contributed by atoms with Crippen LogP contribution in [-0.2, 0) is 9.53 Å².